The van der Waals surface area contributed by atoms with Gasteiger partial charge >= 0.3 is 0 Å². The molecule has 0 atom stereocenters. The van der Waals surface area contributed by atoms with Gasteiger partial charge in [-0.15, -0.1) is 38.9 Å². The van der Waals surface area contributed by atoms with Gasteiger partial charge in [0.2, 0.25) is 0 Å². The van der Waals surface area contributed by atoms with E-state index >= 15 is 0 Å². The van der Waals surface area contributed by atoms with Gasteiger partial charge in [-0.3, -0.25) is 0 Å². The molecule has 0 aliphatic rings. The molecule has 4 aromatic rings. The molecule has 0 bridgehead atoms. The van der Waals surface area contributed by atoms with Crippen molar-refractivity contribution in [3.05, 3.63) is 181 Å². The van der Waals surface area contributed by atoms with E-state index in [-0.39, 0.29) is 0 Å². The van der Waals surface area contributed by atoms with E-state index in [1.165, 1.54) is 0 Å². The minimum atomic E-state index is 0.908. The molecule has 0 fully saturated rings. The fourth-order valence-electron chi connectivity index (χ4n) is 2.86. The molecule has 0 aromatic heterocycles. The maximum absolute atomic E-state index is 5.17. The van der Waals surface area contributed by atoms with Crippen LogP contribution in [0.15, 0.2) is 137 Å². The van der Waals surface area contributed by atoms with E-state index in [4.69, 9.17) is 25.7 Å². The van der Waals surface area contributed by atoms with Crippen LogP contribution in [0, 0.1) is 49.4 Å². The molecule has 0 aliphatic carbocycles. The van der Waals surface area contributed by atoms with E-state index in [1.807, 2.05) is 97.1 Å². The van der Waals surface area contributed by atoms with Crippen molar-refractivity contribution in [2.24, 2.45) is 0 Å². The van der Waals surface area contributed by atoms with Gasteiger partial charge in [0.05, 0.1) is 0 Å². The summed E-state index contributed by atoms with van der Waals surface area (Å²) in [5.74, 6) is 10.2. The summed E-state index contributed by atoms with van der Waals surface area (Å²) in [6.45, 7) is 20.5. The van der Waals surface area contributed by atoms with Crippen LogP contribution >= 0.6 is 0 Å². The van der Waals surface area contributed by atoms with E-state index in [0.29, 0.717) is 0 Å². The Hall–Kier alpha value is -6.18. The lowest BCUT2D eigenvalue weighted by Gasteiger charge is -1.91. The minimum absolute atomic E-state index is 0.908. The zero-order valence-corrected chi connectivity index (χ0v) is 24.1. The lowest BCUT2D eigenvalue weighted by atomic mass is 10.1. The second kappa shape index (κ2) is 22.8. The third-order valence-electron chi connectivity index (χ3n) is 5.25. The molecule has 0 spiro atoms. The van der Waals surface area contributed by atoms with Gasteiger partial charge < -0.3 is 0 Å². The van der Waals surface area contributed by atoms with Gasteiger partial charge in [0, 0.05) is 22.3 Å². The molecule has 0 amide bonds. The average Bonchev–Trinajstić information content (AvgIpc) is 3.10. The van der Waals surface area contributed by atoms with Crippen LogP contribution in [0.25, 0.3) is 24.3 Å². The van der Waals surface area contributed by atoms with Gasteiger partial charge in [-0.1, -0.05) is 123 Å². The Bertz CT molecular complexity index is 1300. The van der Waals surface area contributed by atoms with Gasteiger partial charge in [-0.2, -0.15) is 0 Å². The summed E-state index contributed by atoms with van der Waals surface area (Å²) < 4.78 is 0. The molecular formula is C42H36. The normalized spacial score (nSPS) is 8.00. The second-order valence-corrected chi connectivity index (χ2v) is 7.88. The topological polar surface area (TPSA) is 0 Å². The quantitative estimate of drug-likeness (QED) is 0.178. The van der Waals surface area contributed by atoms with E-state index in [2.05, 4.69) is 63.2 Å². The summed E-state index contributed by atoms with van der Waals surface area (Å²) in [6, 6.07) is 30.8. The van der Waals surface area contributed by atoms with Crippen LogP contribution in [0.1, 0.15) is 44.5 Å². The molecule has 0 saturated heterocycles. The van der Waals surface area contributed by atoms with Crippen LogP contribution in [0.3, 0.4) is 0 Å². The van der Waals surface area contributed by atoms with Crippen LogP contribution in [0.4, 0.5) is 0 Å². The van der Waals surface area contributed by atoms with Crippen LogP contribution in [0.2, 0.25) is 0 Å². The van der Waals surface area contributed by atoms with E-state index in [0.717, 1.165) is 44.5 Å². The lowest BCUT2D eigenvalue weighted by molar-refractivity contribution is 1.62. The van der Waals surface area contributed by atoms with Crippen LogP contribution in [0.5, 0.6) is 0 Å². The molecular weight excluding hydrogens is 504 g/mol. The van der Waals surface area contributed by atoms with Crippen LogP contribution in [-0.2, 0) is 0 Å². The Labute approximate surface area is 254 Å². The van der Waals surface area contributed by atoms with Gasteiger partial charge in [0.1, 0.15) is 0 Å². The van der Waals surface area contributed by atoms with Crippen molar-refractivity contribution < 1.29 is 0 Å². The van der Waals surface area contributed by atoms with Crippen molar-refractivity contribution in [3.63, 3.8) is 0 Å². The van der Waals surface area contributed by atoms with Gasteiger partial charge in [-0.25, -0.2) is 0 Å². The molecule has 0 radical (unpaired) electrons. The predicted octanol–water partition coefficient (Wildman–Crippen LogP) is 10.0. The molecule has 0 unspecified atom stereocenters. The number of hydrogen-bond donors (Lipinski definition) is 0. The largest absolute Gasteiger partial charge is 0.115 e. The summed E-state index contributed by atoms with van der Waals surface area (Å²) >= 11 is 0. The van der Waals surface area contributed by atoms with E-state index < -0.39 is 0 Å². The predicted molar refractivity (Wildman–Crippen MR) is 189 cm³/mol. The summed E-state index contributed by atoms with van der Waals surface area (Å²) in [5, 5.41) is 0. The smallest absolute Gasteiger partial charge is 0.0243 e. The maximum atomic E-state index is 5.17. The fourth-order valence-corrected chi connectivity index (χ4v) is 2.86. The Balaban J connectivity index is 0.000000523. The van der Waals surface area contributed by atoms with Crippen LogP contribution < -0.4 is 0 Å². The van der Waals surface area contributed by atoms with Crippen molar-refractivity contribution in [1.82, 2.24) is 0 Å². The molecule has 4 rings (SSSR count). The molecule has 0 N–H and O–H groups in total. The van der Waals surface area contributed by atoms with E-state index in [9.17, 15) is 0 Å². The third kappa shape index (κ3) is 14.7. The van der Waals surface area contributed by atoms with Crippen LogP contribution in [-0.4, -0.2) is 0 Å². The zero-order valence-electron chi connectivity index (χ0n) is 24.1. The molecule has 0 nitrogen and oxygen atoms in total. The highest BCUT2D eigenvalue weighted by molar-refractivity contribution is 5.51. The first-order valence-corrected chi connectivity index (χ1v) is 12.7. The number of rotatable bonds is 4. The zero-order chi connectivity index (χ0) is 31.6. The maximum Gasteiger partial charge on any atom is 0.0243 e. The Kier molecular flexibility index (Phi) is 19.4. The Morgan fingerprint density at radius 3 is 0.571 bits per heavy atom. The Morgan fingerprint density at radius 1 is 0.333 bits per heavy atom. The number of benzene rings is 4. The first kappa shape index (κ1) is 35.8. The number of hydrogen-bond acceptors (Lipinski definition) is 0. The fraction of sp³-hybridized carbons (Fsp3) is 0. The second-order valence-electron chi connectivity index (χ2n) is 7.88. The monoisotopic (exact) mass is 540 g/mol. The third-order valence-corrected chi connectivity index (χ3v) is 5.25. The van der Waals surface area contributed by atoms with Gasteiger partial charge in [0.15, 0.2) is 0 Å². The molecule has 42 heavy (non-hydrogen) atoms. The summed E-state index contributed by atoms with van der Waals surface area (Å²) in [6.07, 6.45) is 27.8. The first-order chi connectivity index (χ1) is 20.5. The van der Waals surface area contributed by atoms with Gasteiger partial charge in [0.25, 0.3) is 0 Å². The highest BCUT2D eigenvalue weighted by atomic mass is 13.9. The molecule has 0 aliphatic heterocycles. The highest BCUT2D eigenvalue weighted by Crippen LogP contribution is 2.05. The lowest BCUT2D eigenvalue weighted by Crippen LogP contribution is -1.73. The number of terminal acetylenes is 4. The minimum Gasteiger partial charge on any atom is -0.115 e. The molecule has 0 heterocycles. The SMILES string of the molecule is C#Cc1ccc(C=C)cc1.C#Cc1ccc(C=C)cc1.C#Cc1ccc(C=C)cc1.C#Cc1ccc(C=C)cc1.C=C. The van der Waals surface area contributed by atoms with Crippen molar-refractivity contribution in [3.8, 4) is 49.4 Å². The average molecular weight is 541 g/mol. The highest BCUT2D eigenvalue weighted by Gasteiger charge is 1.87. The van der Waals surface area contributed by atoms with E-state index in [1.54, 1.807) is 24.3 Å². The first-order valence-electron chi connectivity index (χ1n) is 12.7. The van der Waals surface area contributed by atoms with Crippen molar-refractivity contribution >= 4 is 24.3 Å². The standard InChI is InChI=1S/4C10H8.C2H4/c4*1-3-9-5-7-10(4-2)8-6-9;1-2/h4*1,4-8H,2H2;1-2H2. The van der Waals surface area contributed by atoms with Crippen molar-refractivity contribution in [2.75, 3.05) is 0 Å². The van der Waals surface area contributed by atoms with Gasteiger partial charge in [-0.05, 0) is 70.8 Å². The summed E-state index contributed by atoms with van der Waals surface area (Å²) in [5.41, 5.74) is 8.02. The Morgan fingerprint density at radius 2 is 0.476 bits per heavy atom. The van der Waals surface area contributed by atoms with Crippen molar-refractivity contribution in [1.29, 1.82) is 0 Å². The molecule has 0 heteroatoms. The summed E-state index contributed by atoms with van der Waals surface area (Å²) in [7, 11) is 0. The molecule has 204 valence electrons. The summed E-state index contributed by atoms with van der Waals surface area (Å²) in [4.78, 5) is 0. The van der Waals surface area contributed by atoms with Crippen molar-refractivity contribution in [2.45, 2.75) is 0 Å². The molecule has 4 aromatic carbocycles. The molecule has 0 saturated carbocycles.